The van der Waals surface area contributed by atoms with E-state index >= 15 is 0 Å². The second kappa shape index (κ2) is 3.89. The Morgan fingerprint density at radius 1 is 1.33 bits per heavy atom. The average Bonchev–Trinajstić information content (AvgIpc) is 2.34. The predicted octanol–water partition coefficient (Wildman–Crippen LogP) is 1.79. The van der Waals surface area contributed by atoms with Crippen LogP contribution in [0.15, 0.2) is 0 Å². The van der Waals surface area contributed by atoms with Crippen LogP contribution in [0.3, 0.4) is 0 Å². The fourth-order valence-electron chi connectivity index (χ4n) is 1.65. The highest BCUT2D eigenvalue weighted by molar-refractivity contribution is 4.67. The maximum atomic E-state index is 3.19. The third kappa shape index (κ3) is 2.35. The highest BCUT2D eigenvalue weighted by Crippen LogP contribution is 2.26. The third-order valence-corrected chi connectivity index (χ3v) is 2.28. The molecular formula is C8H17N. The van der Waals surface area contributed by atoms with Crippen molar-refractivity contribution < 1.29 is 0 Å². The van der Waals surface area contributed by atoms with Gasteiger partial charge < -0.3 is 5.32 Å². The van der Waals surface area contributed by atoms with Gasteiger partial charge in [0, 0.05) is 0 Å². The number of hydrogen-bond donors (Lipinski definition) is 1. The van der Waals surface area contributed by atoms with E-state index in [0.29, 0.717) is 0 Å². The molecule has 0 aromatic rings. The molecule has 0 aliphatic heterocycles. The first-order chi connectivity index (χ1) is 4.43. The molecule has 0 bridgehead atoms. The van der Waals surface area contributed by atoms with Crippen molar-refractivity contribution in [2.75, 3.05) is 13.6 Å². The van der Waals surface area contributed by atoms with Gasteiger partial charge in [-0.15, -0.1) is 0 Å². The van der Waals surface area contributed by atoms with Crippen molar-refractivity contribution in [3.8, 4) is 0 Å². The Balaban J connectivity index is 1.98. The van der Waals surface area contributed by atoms with E-state index < -0.39 is 0 Å². The van der Waals surface area contributed by atoms with E-state index in [-0.39, 0.29) is 0 Å². The first-order valence-corrected chi connectivity index (χ1v) is 4.08. The molecule has 1 N–H and O–H groups in total. The topological polar surface area (TPSA) is 12.0 Å². The second-order valence-electron chi connectivity index (χ2n) is 3.04. The van der Waals surface area contributed by atoms with Crippen LogP contribution in [0.2, 0.25) is 0 Å². The van der Waals surface area contributed by atoms with Crippen molar-refractivity contribution in [2.45, 2.75) is 32.1 Å². The smallest absolute Gasteiger partial charge is 0.00493 e. The Bertz CT molecular complexity index is 65.0. The summed E-state index contributed by atoms with van der Waals surface area (Å²) in [6, 6.07) is 0. The van der Waals surface area contributed by atoms with Crippen molar-refractivity contribution in [2.24, 2.45) is 5.92 Å². The molecule has 0 aromatic heterocycles. The molecule has 1 aliphatic rings. The monoisotopic (exact) mass is 127 g/mol. The van der Waals surface area contributed by atoms with Crippen LogP contribution in [0.4, 0.5) is 0 Å². The largest absolute Gasteiger partial charge is 0.320 e. The molecule has 0 amide bonds. The van der Waals surface area contributed by atoms with E-state index in [9.17, 15) is 0 Å². The predicted molar refractivity (Wildman–Crippen MR) is 40.5 cm³/mol. The number of hydrogen-bond acceptors (Lipinski definition) is 1. The van der Waals surface area contributed by atoms with Crippen LogP contribution in [0.25, 0.3) is 0 Å². The van der Waals surface area contributed by atoms with Crippen LogP contribution in [0.5, 0.6) is 0 Å². The fraction of sp³-hybridized carbons (Fsp3) is 1.00. The molecule has 1 fully saturated rings. The molecule has 1 aliphatic carbocycles. The van der Waals surface area contributed by atoms with Gasteiger partial charge >= 0.3 is 0 Å². The first kappa shape index (κ1) is 7.07. The van der Waals surface area contributed by atoms with Gasteiger partial charge in [0.2, 0.25) is 0 Å². The zero-order valence-corrected chi connectivity index (χ0v) is 6.32. The molecule has 0 atom stereocenters. The summed E-state index contributed by atoms with van der Waals surface area (Å²) in [7, 11) is 2.04. The van der Waals surface area contributed by atoms with Crippen molar-refractivity contribution in [3.05, 3.63) is 0 Å². The minimum Gasteiger partial charge on any atom is -0.320 e. The molecule has 9 heavy (non-hydrogen) atoms. The van der Waals surface area contributed by atoms with Crippen LogP contribution >= 0.6 is 0 Å². The fourth-order valence-corrected chi connectivity index (χ4v) is 1.65. The Kier molecular flexibility index (Phi) is 3.05. The minimum absolute atomic E-state index is 1.05. The minimum atomic E-state index is 1.05. The van der Waals surface area contributed by atoms with Crippen molar-refractivity contribution in [1.29, 1.82) is 0 Å². The number of nitrogens with one attached hydrogen (secondary N) is 1. The standard InChI is InChI=1S/C8H17N/c1-9-7-6-8-4-2-3-5-8/h8-9H,2-7H2,1H3. The van der Waals surface area contributed by atoms with Gasteiger partial charge in [-0.25, -0.2) is 0 Å². The summed E-state index contributed by atoms with van der Waals surface area (Å²) in [4.78, 5) is 0. The summed E-state index contributed by atoms with van der Waals surface area (Å²) in [6.07, 6.45) is 7.34. The lowest BCUT2D eigenvalue weighted by molar-refractivity contribution is 0.491. The Morgan fingerprint density at radius 3 is 2.56 bits per heavy atom. The van der Waals surface area contributed by atoms with Gasteiger partial charge in [0.1, 0.15) is 0 Å². The molecular weight excluding hydrogens is 110 g/mol. The SMILES string of the molecule is CNCCC1CCCC1. The van der Waals surface area contributed by atoms with E-state index in [1.165, 1.54) is 38.6 Å². The summed E-state index contributed by atoms with van der Waals surface area (Å²) in [5, 5.41) is 3.19. The molecule has 1 heteroatoms. The second-order valence-corrected chi connectivity index (χ2v) is 3.04. The summed E-state index contributed by atoms with van der Waals surface area (Å²) in [6.45, 7) is 1.21. The van der Waals surface area contributed by atoms with Crippen LogP contribution < -0.4 is 5.32 Å². The molecule has 0 aromatic carbocycles. The summed E-state index contributed by atoms with van der Waals surface area (Å²) in [5.41, 5.74) is 0. The average molecular weight is 127 g/mol. The molecule has 0 heterocycles. The molecule has 0 saturated heterocycles. The van der Waals surface area contributed by atoms with Crippen molar-refractivity contribution >= 4 is 0 Å². The van der Waals surface area contributed by atoms with E-state index in [0.717, 1.165) is 5.92 Å². The van der Waals surface area contributed by atoms with Gasteiger partial charge in [-0.1, -0.05) is 25.7 Å². The van der Waals surface area contributed by atoms with Crippen molar-refractivity contribution in [3.63, 3.8) is 0 Å². The van der Waals surface area contributed by atoms with Crippen LogP contribution in [-0.4, -0.2) is 13.6 Å². The van der Waals surface area contributed by atoms with Gasteiger partial charge in [-0.2, -0.15) is 0 Å². The lowest BCUT2D eigenvalue weighted by Gasteiger charge is -2.06. The normalized spacial score (nSPS) is 21.0. The highest BCUT2D eigenvalue weighted by atomic mass is 14.8. The van der Waals surface area contributed by atoms with E-state index in [1.807, 2.05) is 7.05 Å². The molecule has 0 unspecified atom stereocenters. The van der Waals surface area contributed by atoms with Crippen LogP contribution in [0, 0.1) is 5.92 Å². The number of rotatable bonds is 3. The van der Waals surface area contributed by atoms with Crippen molar-refractivity contribution in [1.82, 2.24) is 5.32 Å². The van der Waals surface area contributed by atoms with Gasteiger partial charge in [0.05, 0.1) is 0 Å². The highest BCUT2D eigenvalue weighted by Gasteiger charge is 2.13. The van der Waals surface area contributed by atoms with Gasteiger partial charge in [0.25, 0.3) is 0 Å². The lowest BCUT2D eigenvalue weighted by atomic mass is 10.0. The van der Waals surface area contributed by atoms with E-state index in [1.54, 1.807) is 0 Å². The zero-order chi connectivity index (χ0) is 6.53. The summed E-state index contributed by atoms with van der Waals surface area (Å²) in [5.74, 6) is 1.05. The van der Waals surface area contributed by atoms with Gasteiger partial charge in [-0.3, -0.25) is 0 Å². The quantitative estimate of drug-likeness (QED) is 0.609. The molecule has 1 saturated carbocycles. The lowest BCUT2D eigenvalue weighted by Crippen LogP contribution is -2.11. The van der Waals surface area contributed by atoms with Crippen LogP contribution in [0.1, 0.15) is 32.1 Å². The van der Waals surface area contributed by atoms with Gasteiger partial charge in [0.15, 0.2) is 0 Å². The Hall–Kier alpha value is -0.0400. The van der Waals surface area contributed by atoms with E-state index in [4.69, 9.17) is 0 Å². The third-order valence-electron chi connectivity index (χ3n) is 2.28. The Labute approximate surface area is 57.8 Å². The summed E-state index contributed by atoms with van der Waals surface area (Å²) < 4.78 is 0. The first-order valence-electron chi connectivity index (χ1n) is 4.08. The maximum absolute atomic E-state index is 3.19. The molecule has 0 radical (unpaired) electrons. The molecule has 54 valence electrons. The molecule has 0 spiro atoms. The zero-order valence-electron chi connectivity index (χ0n) is 6.32. The molecule has 1 nitrogen and oxygen atoms in total. The maximum Gasteiger partial charge on any atom is -0.00493 e. The van der Waals surface area contributed by atoms with E-state index in [2.05, 4.69) is 5.32 Å². The molecule has 1 rings (SSSR count). The summed E-state index contributed by atoms with van der Waals surface area (Å²) >= 11 is 0. The van der Waals surface area contributed by atoms with Gasteiger partial charge in [-0.05, 0) is 25.9 Å². The Morgan fingerprint density at radius 2 is 2.00 bits per heavy atom. The van der Waals surface area contributed by atoms with Crippen LogP contribution in [-0.2, 0) is 0 Å².